The predicted octanol–water partition coefficient (Wildman–Crippen LogP) is 3.66. The van der Waals surface area contributed by atoms with Crippen molar-refractivity contribution in [2.45, 2.75) is 44.8 Å². The van der Waals surface area contributed by atoms with Crippen LogP contribution in [0.4, 0.5) is 4.39 Å². The Morgan fingerprint density at radius 2 is 2.00 bits per heavy atom. The predicted molar refractivity (Wildman–Crippen MR) is 76.1 cm³/mol. The number of halogens is 2. The van der Waals surface area contributed by atoms with Crippen molar-refractivity contribution < 1.29 is 9.13 Å². The van der Waals surface area contributed by atoms with Gasteiger partial charge >= 0.3 is 0 Å². The van der Waals surface area contributed by atoms with Crippen LogP contribution in [0, 0.1) is 5.82 Å². The van der Waals surface area contributed by atoms with E-state index in [0.29, 0.717) is 12.0 Å². The Bertz CT molecular complexity index is 385. The summed E-state index contributed by atoms with van der Waals surface area (Å²) in [5, 5.41) is 0. The summed E-state index contributed by atoms with van der Waals surface area (Å²) >= 11 is 3.35. The maximum absolute atomic E-state index is 13.7. The number of nitrogens with two attached hydrogens (primary N) is 1. The average Bonchev–Trinajstić information content (AvgIpc) is 2.37. The van der Waals surface area contributed by atoms with Crippen LogP contribution in [0.1, 0.15) is 32.3 Å². The molecule has 1 atom stereocenters. The smallest absolute Gasteiger partial charge is 0.126 e. The highest BCUT2D eigenvalue weighted by Gasteiger charge is 2.33. The fourth-order valence-electron chi connectivity index (χ4n) is 2.34. The Hall–Kier alpha value is -0.450. The second-order valence-corrected chi connectivity index (χ2v) is 5.44. The molecule has 0 amide bonds. The summed E-state index contributed by atoms with van der Waals surface area (Å²) in [5.41, 5.74) is 6.47. The van der Waals surface area contributed by atoms with Crippen LogP contribution in [0.25, 0.3) is 0 Å². The van der Waals surface area contributed by atoms with Gasteiger partial charge in [0.1, 0.15) is 5.82 Å². The second kappa shape index (κ2) is 6.64. The molecule has 0 heterocycles. The minimum atomic E-state index is -0.380. The first-order chi connectivity index (χ1) is 8.49. The summed E-state index contributed by atoms with van der Waals surface area (Å²) in [6.45, 7) is 4.09. The minimum Gasteiger partial charge on any atom is -0.377 e. The molecule has 0 saturated heterocycles. The summed E-state index contributed by atoms with van der Waals surface area (Å²) in [6, 6.07) is 4.70. The lowest BCUT2D eigenvalue weighted by Gasteiger charge is -2.36. The van der Waals surface area contributed by atoms with E-state index < -0.39 is 0 Å². The van der Waals surface area contributed by atoms with E-state index in [-0.39, 0.29) is 17.5 Å². The summed E-state index contributed by atoms with van der Waals surface area (Å²) in [7, 11) is 1.67. The van der Waals surface area contributed by atoms with Gasteiger partial charge in [-0.25, -0.2) is 4.39 Å². The third kappa shape index (κ3) is 3.31. The van der Waals surface area contributed by atoms with Crippen LogP contribution in [0.15, 0.2) is 22.7 Å². The molecule has 1 aromatic rings. The van der Waals surface area contributed by atoms with Crippen molar-refractivity contribution in [2.75, 3.05) is 7.11 Å². The van der Waals surface area contributed by atoms with E-state index in [9.17, 15) is 4.39 Å². The van der Waals surface area contributed by atoms with Crippen molar-refractivity contribution in [3.05, 3.63) is 34.1 Å². The minimum absolute atomic E-state index is 0.217. The van der Waals surface area contributed by atoms with E-state index >= 15 is 0 Å². The largest absolute Gasteiger partial charge is 0.377 e. The summed E-state index contributed by atoms with van der Waals surface area (Å²) < 4.78 is 20.2. The third-order valence-corrected chi connectivity index (χ3v) is 4.22. The van der Waals surface area contributed by atoms with E-state index in [4.69, 9.17) is 10.5 Å². The van der Waals surface area contributed by atoms with Gasteiger partial charge in [-0.05, 0) is 43.0 Å². The van der Waals surface area contributed by atoms with Gasteiger partial charge in [0, 0.05) is 17.6 Å². The topological polar surface area (TPSA) is 35.2 Å². The van der Waals surface area contributed by atoms with Gasteiger partial charge in [0.05, 0.1) is 5.60 Å². The molecule has 18 heavy (non-hydrogen) atoms. The Morgan fingerprint density at radius 3 is 2.50 bits per heavy atom. The zero-order valence-corrected chi connectivity index (χ0v) is 12.8. The normalized spacial score (nSPS) is 13.7. The van der Waals surface area contributed by atoms with Gasteiger partial charge in [-0.15, -0.1) is 0 Å². The Morgan fingerprint density at radius 1 is 1.39 bits per heavy atom. The quantitative estimate of drug-likeness (QED) is 0.869. The molecule has 1 rings (SSSR count). The maximum Gasteiger partial charge on any atom is 0.126 e. The highest BCUT2D eigenvalue weighted by atomic mass is 79.9. The molecule has 0 radical (unpaired) electrons. The average molecular weight is 318 g/mol. The van der Waals surface area contributed by atoms with Crippen molar-refractivity contribution in [1.82, 2.24) is 0 Å². The summed E-state index contributed by atoms with van der Waals surface area (Å²) in [5.74, 6) is -0.217. The third-order valence-electron chi connectivity index (χ3n) is 3.73. The van der Waals surface area contributed by atoms with Gasteiger partial charge in [-0.1, -0.05) is 29.8 Å². The van der Waals surface area contributed by atoms with Crippen molar-refractivity contribution >= 4 is 15.9 Å². The lowest BCUT2D eigenvalue weighted by atomic mass is 9.85. The van der Waals surface area contributed by atoms with Crippen LogP contribution in [-0.2, 0) is 11.2 Å². The standard InChI is InChI=1S/C14H21BrFNO/c1-4-14(5-2,18-3)13(17)9-10-8-11(15)6-7-12(10)16/h6-8,13H,4-5,9,17H2,1-3H3. The molecule has 0 aliphatic carbocycles. The highest BCUT2D eigenvalue weighted by molar-refractivity contribution is 9.10. The van der Waals surface area contributed by atoms with Crippen LogP contribution in [-0.4, -0.2) is 18.8 Å². The number of ether oxygens (including phenoxy) is 1. The Kier molecular flexibility index (Phi) is 5.76. The molecule has 0 spiro atoms. The number of hydrogen-bond acceptors (Lipinski definition) is 2. The fourth-order valence-corrected chi connectivity index (χ4v) is 2.75. The highest BCUT2D eigenvalue weighted by Crippen LogP contribution is 2.26. The molecule has 1 aromatic carbocycles. The number of rotatable bonds is 6. The summed E-state index contributed by atoms with van der Waals surface area (Å²) in [4.78, 5) is 0. The van der Waals surface area contributed by atoms with Crippen molar-refractivity contribution in [3.8, 4) is 0 Å². The molecular formula is C14H21BrFNO. The van der Waals surface area contributed by atoms with Crippen LogP contribution < -0.4 is 5.73 Å². The Balaban J connectivity index is 2.92. The van der Waals surface area contributed by atoms with E-state index in [1.165, 1.54) is 6.07 Å². The molecule has 0 saturated carbocycles. The van der Waals surface area contributed by atoms with Crippen LogP contribution in [0.3, 0.4) is 0 Å². The first-order valence-corrected chi connectivity index (χ1v) is 7.03. The van der Waals surface area contributed by atoms with Crippen molar-refractivity contribution in [3.63, 3.8) is 0 Å². The first-order valence-electron chi connectivity index (χ1n) is 6.23. The molecule has 0 aliphatic rings. The van der Waals surface area contributed by atoms with Gasteiger partial charge in [0.25, 0.3) is 0 Å². The molecule has 0 bridgehead atoms. The van der Waals surface area contributed by atoms with E-state index in [2.05, 4.69) is 15.9 Å². The van der Waals surface area contributed by atoms with E-state index in [1.807, 2.05) is 13.8 Å². The molecule has 4 heteroatoms. The number of hydrogen-bond donors (Lipinski definition) is 1. The summed E-state index contributed by atoms with van der Waals surface area (Å²) in [6.07, 6.45) is 2.11. The van der Waals surface area contributed by atoms with Gasteiger partial charge in [0.2, 0.25) is 0 Å². The van der Waals surface area contributed by atoms with Crippen LogP contribution in [0.2, 0.25) is 0 Å². The molecule has 1 unspecified atom stereocenters. The number of methoxy groups -OCH3 is 1. The van der Waals surface area contributed by atoms with Crippen molar-refractivity contribution in [2.24, 2.45) is 5.73 Å². The zero-order valence-electron chi connectivity index (χ0n) is 11.2. The monoisotopic (exact) mass is 317 g/mol. The van der Waals surface area contributed by atoms with Gasteiger partial charge in [0.15, 0.2) is 0 Å². The molecule has 0 aliphatic heterocycles. The van der Waals surface area contributed by atoms with E-state index in [0.717, 1.165) is 17.3 Å². The van der Waals surface area contributed by atoms with Gasteiger partial charge in [-0.3, -0.25) is 0 Å². The molecule has 2 nitrogen and oxygen atoms in total. The molecule has 0 aromatic heterocycles. The maximum atomic E-state index is 13.7. The Labute approximate surface area is 117 Å². The number of benzene rings is 1. The van der Waals surface area contributed by atoms with Crippen molar-refractivity contribution in [1.29, 1.82) is 0 Å². The zero-order chi connectivity index (χ0) is 13.8. The molecular weight excluding hydrogens is 297 g/mol. The van der Waals surface area contributed by atoms with Gasteiger partial charge < -0.3 is 10.5 Å². The lowest BCUT2D eigenvalue weighted by molar-refractivity contribution is -0.0375. The molecule has 0 fully saturated rings. The molecule has 102 valence electrons. The molecule has 2 N–H and O–H groups in total. The fraction of sp³-hybridized carbons (Fsp3) is 0.571. The van der Waals surface area contributed by atoms with E-state index in [1.54, 1.807) is 19.2 Å². The van der Waals surface area contributed by atoms with Gasteiger partial charge in [-0.2, -0.15) is 0 Å². The second-order valence-electron chi connectivity index (χ2n) is 4.52. The van der Waals surface area contributed by atoms with Crippen LogP contribution in [0.5, 0.6) is 0 Å². The SMILES string of the molecule is CCC(CC)(OC)C(N)Cc1cc(Br)ccc1F. The first kappa shape index (κ1) is 15.6. The van der Waals surface area contributed by atoms with Crippen LogP contribution >= 0.6 is 15.9 Å². The lowest BCUT2D eigenvalue weighted by Crippen LogP contribution is -2.50.